The van der Waals surface area contributed by atoms with Crippen LogP contribution in [0.15, 0.2) is 47.4 Å². The number of methoxy groups -OCH3 is 1. The molecule has 30 heavy (non-hydrogen) atoms. The van der Waals surface area contributed by atoms with Gasteiger partial charge in [0.15, 0.2) is 5.78 Å². The molecule has 0 aliphatic carbocycles. The van der Waals surface area contributed by atoms with Gasteiger partial charge in [0.05, 0.1) is 19.2 Å². The van der Waals surface area contributed by atoms with Crippen molar-refractivity contribution in [2.24, 2.45) is 0 Å². The van der Waals surface area contributed by atoms with E-state index in [1.807, 2.05) is 49.6 Å². The number of nitriles is 1. The third-order valence-corrected chi connectivity index (χ3v) is 5.03. The van der Waals surface area contributed by atoms with Gasteiger partial charge in [0.25, 0.3) is 5.56 Å². The van der Waals surface area contributed by atoms with E-state index in [1.54, 1.807) is 12.1 Å². The topological polar surface area (TPSA) is 94.1 Å². The summed E-state index contributed by atoms with van der Waals surface area (Å²) >= 11 is 0. The zero-order chi connectivity index (χ0) is 22.0. The van der Waals surface area contributed by atoms with Crippen LogP contribution in [0.2, 0.25) is 0 Å². The zero-order valence-corrected chi connectivity index (χ0v) is 17.2. The van der Waals surface area contributed by atoms with Crippen LogP contribution in [0.1, 0.15) is 43.2 Å². The average molecular weight is 403 g/mol. The Morgan fingerprint density at radius 2 is 1.83 bits per heavy atom. The van der Waals surface area contributed by atoms with Crippen molar-refractivity contribution in [1.82, 2.24) is 9.13 Å². The number of carbonyl (C=O) groups excluding carboxylic acids is 2. The summed E-state index contributed by atoms with van der Waals surface area (Å²) in [4.78, 5) is 37.4. The largest absolute Gasteiger partial charge is 0.465 e. The Hall–Kier alpha value is -3.92. The van der Waals surface area contributed by atoms with Crippen molar-refractivity contribution < 1.29 is 14.3 Å². The number of pyridine rings is 1. The fourth-order valence-electron chi connectivity index (χ4n) is 3.53. The number of esters is 1. The third kappa shape index (κ3) is 3.67. The van der Waals surface area contributed by atoms with Gasteiger partial charge < -0.3 is 13.9 Å². The molecule has 2 aromatic heterocycles. The Kier molecular flexibility index (Phi) is 5.70. The van der Waals surface area contributed by atoms with E-state index in [-0.39, 0.29) is 23.5 Å². The molecule has 2 heterocycles. The quantitative estimate of drug-likeness (QED) is 0.482. The molecule has 1 aromatic carbocycles. The summed E-state index contributed by atoms with van der Waals surface area (Å²) in [6, 6.07) is 12.6. The first kappa shape index (κ1) is 20.8. The lowest BCUT2D eigenvalue weighted by Gasteiger charge is -2.13. The van der Waals surface area contributed by atoms with Gasteiger partial charge in [-0.1, -0.05) is 18.2 Å². The van der Waals surface area contributed by atoms with Crippen LogP contribution in [0.5, 0.6) is 0 Å². The molecule has 0 atom stereocenters. The maximum Gasteiger partial charge on any atom is 0.339 e. The van der Waals surface area contributed by atoms with Crippen LogP contribution >= 0.6 is 0 Å². The molecule has 3 rings (SSSR count). The van der Waals surface area contributed by atoms with E-state index >= 15 is 0 Å². The number of Topliss-reactive ketones (excluding diaryl/α,β-unsaturated/α-hetero) is 1. The molecule has 0 amide bonds. The summed E-state index contributed by atoms with van der Waals surface area (Å²) in [6.45, 7) is 5.46. The number of ketones is 1. The maximum atomic E-state index is 13.0. The molecule has 0 saturated carbocycles. The number of aromatic nitrogens is 2. The van der Waals surface area contributed by atoms with E-state index in [9.17, 15) is 19.6 Å². The lowest BCUT2D eigenvalue weighted by Crippen LogP contribution is -2.27. The van der Waals surface area contributed by atoms with Gasteiger partial charge in [-0.05, 0) is 44.5 Å². The number of aryl methyl sites for hydroxylation is 2. The summed E-state index contributed by atoms with van der Waals surface area (Å²) in [5.74, 6) is -0.985. The number of hydrogen-bond acceptors (Lipinski definition) is 5. The highest BCUT2D eigenvalue weighted by atomic mass is 16.5. The number of rotatable bonds is 5. The summed E-state index contributed by atoms with van der Waals surface area (Å²) in [6.07, 6.45) is 1.24. The van der Waals surface area contributed by atoms with Gasteiger partial charge in [0, 0.05) is 28.8 Å². The Balaban J connectivity index is 2.03. The van der Waals surface area contributed by atoms with Gasteiger partial charge in [-0.25, -0.2) is 4.79 Å². The molecule has 0 aliphatic rings. The minimum Gasteiger partial charge on any atom is -0.465 e. The molecule has 0 saturated heterocycles. The SMILES string of the molecule is COC(=O)c1cc(C#N)c(=O)n(CC(=O)c2cc(C)n(-c3ccccc3C)c2C)c1. The van der Waals surface area contributed by atoms with Crippen LogP contribution in [0.3, 0.4) is 0 Å². The molecule has 7 nitrogen and oxygen atoms in total. The molecule has 152 valence electrons. The molecular weight excluding hydrogens is 382 g/mol. The van der Waals surface area contributed by atoms with E-state index in [1.165, 1.54) is 19.4 Å². The number of carbonyl (C=O) groups is 2. The van der Waals surface area contributed by atoms with Gasteiger partial charge in [-0.2, -0.15) is 5.26 Å². The van der Waals surface area contributed by atoms with Crippen LogP contribution in [-0.4, -0.2) is 28.0 Å². The summed E-state index contributed by atoms with van der Waals surface area (Å²) in [5, 5.41) is 9.21. The number of nitrogens with zero attached hydrogens (tertiary/aromatic N) is 3. The zero-order valence-electron chi connectivity index (χ0n) is 17.2. The molecule has 0 fully saturated rings. The predicted molar refractivity (Wildman–Crippen MR) is 111 cm³/mol. The first-order valence-corrected chi connectivity index (χ1v) is 9.29. The first-order valence-electron chi connectivity index (χ1n) is 9.29. The van der Waals surface area contributed by atoms with Gasteiger partial charge in [-0.15, -0.1) is 0 Å². The molecule has 0 spiro atoms. The lowest BCUT2D eigenvalue weighted by atomic mass is 10.1. The Labute approximate surface area is 173 Å². The summed E-state index contributed by atoms with van der Waals surface area (Å²) in [7, 11) is 1.20. The smallest absolute Gasteiger partial charge is 0.339 e. The van der Waals surface area contributed by atoms with E-state index in [4.69, 9.17) is 0 Å². The van der Waals surface area contributed by atoms with Crippen LogP contribution in [0, 0.1) is 32.1 Å². The second-order valence-corrected chi connectivity index (χ2v) is 7.01. The number of para-hydroxylation sites is 1. The minimum atomic E-state index is -0.689. The van der Waals surface area contributed by atoms with Crippen molar-refractivity contribution in [1.29, 1.82) is 5.26 Å². The monoisotopic (exact) mass is 403 g/mol. The second-order valence-electron chi connectivity index (χ2n) is 7.01. The van der Waals surface area contributed by atoms with E-state index in [0.717, 1.165) is 27.2 Å². The Bertz CT molecular complexity index is 1260. The van der Waals surface area contributed by atoms with Crippen molar-refractivity contribution >= 4 is 11.8 Å². The molecule has 0 unspecified atom stereocenters. The predicted octanol–water partition coefficient (Wildman–Crippen LogP) is 3.11. The van der Waals surface area contributed by atoms with E-state index in [2.05, 4.69) is 4.74 Å². The minimum absolute atomic E-state index is 0.0341. The Morgan fingerprint density at radius 1 is 1.13 bits per heavy atom. The molecule has 0 aliphatic heterocycles. The molecule has 0 N–H and O–H groups in total. The lowest BCUT2D eigenvalue weighted by molar-refractivity contribution is 0.0599. The summed E-state index contributed by atoms with van der Waals surface area (Å²) in [5.41, 5.74) is 3.34. The third-order valence-electron chi connectivity index (χ3n) is 5.03. The van der Waals surface area contributed by atoms with Crippen LogP contribution in [0.4, 0.5) is 0 Å². The van der Waals surface area contributed by atoms with Crippen LogP contribution in [-0.2, 0) is 11.3 Å². The number of hydrogen-bond donors (Lipinski definition) is 0. The molecule has 7 heteroatoms. The maximum absolute atomic E-state index is 13.0. The number of benzene rings is 1. The fraction of sp³-hybridized carbons (Fsp3) is 0.217. The highest BCUT2D eigenvalue weighted by Gasteiger charge is 2.20. The van der Waals surface area contributed by atoms with Gasteiger partial charge in [-0.3, -0.25) is 9.59 Å². The van der Waals surface area contributed by atoms with Crippen molar-refractivity contribution in [3.63, 3.8) is 0 Å². The molecule has 3 aromatic rings. The average Bonchev–Trinajstić information content (AvgIpc) is 3.03. The Morgan fingerprint density at radius 3 is 2.47 bits per heavy atom. The van der Waals surface area contributed by atoms with Crippen molar-refractivity contribution in [3.8, 4) is 11.8 Å². The van der Waals surface area contributed by atoms with Crippen molar-refractivity contribution in [2.45, 2.75) is 27.3 Å². The van der Waals surface area contributed by atoms with E-state index in [0.29, 0.717) is 5.56 Å². The van der Waals surface area contributed by atoms with Gasteiger partial charge >= 0.3 is 5.97 Å². The van der Waals surface area contributed by atoms with Crippen molar-refractivity contribution in [2.75, 3.05) is 7.11 Å². The summed E-state index contributed by atoms with van der Waals surface area (Å²) < 4.78 is 7.74. The van der Waals surface area contributed by atoms with Crippen LogP contribution < -0.4 is 5.56 Å². The molecule has 0 bridgehead atoms. The van der Waals surface area contributed by atoms with Crippen molar-refractivity contribution in [3.05, 3.63) is 86.6 Å². The van der Waals surface area contributed by atoms with Gasteiger partial charge in [0.2, 0.25) is 0 Å². The van der Waals surface area contributed by atoms with Crippen LogP contribution in [0.25, 0.3) is 5.69 Å². The highest BCUT2D eigenvalue weighted by Crippen LogP contribution is 2.23. The molecular formula is C23H21N3O4. The second kappa shape index (κ2) is 8.21. The normalized spacial score (nSPS) is 10.5. The molecule has 0 radical (unpaired) electrons. The highest BCUT2D eigenvalue weighted by molar-refractivity contribution is 5.97. The standard InChI is InChI=1S/C23H21N3O4/c1-14-7-5-6-8-20(14)26-15(2)9-19(16(26)3)21(27)13-25-12-18(23(29)30-4)10-17(11-24)22(25)28/h5-10,12H,13H2,1-4H3. The van der Waals surface area contributed by atoms with Gasteiger partial charge in [0.1, 0.15) is 11.6 Å². The number of ether oxygens (including phenoxy) is 1. The van der Waals surface area contributed by atoms with E-state index < -0.39 is 11.5 Å². The first-order chi connectivity index (χ1) is 14.3. The fourth-order valence-corrected chi connectivity index (χ4v) is 3.53.